The second-order valence-electron chi connectivity index (χ2n) is 2.98. The van der Waals surface area contributed by atoms with Gasteiger partial charge in [-0.15, -0.1) is 0 Å². The minimum absolute atomic E-state index is 0.0880. The lowest BCUT2D eigenvalue weighted by molar-refractivity contribution is -0.158. The summed E-state index contributed by atoms with van der Waals surface area (Å²) in [5.74, 6) is -3.07. The molecule has 1 atom stereocenters. The molecule has 1 heterocycles. The minimum Gasteiger partial charge on any atom is -0.481 e. The Hall–Kier alpha value is -1.78. The summed E-state index contributed by atoms with van der Waals surface area (Å²) in [5, 5.41) is 8.84. The predicted octanol–water partition coefficient (Wildman–Crippen LogP) is 1.09. The van der Waals surface area contributed by atoms with Crippen molar-refractivity contribution in [2.24, 2.45) is 5.92 Å². The highest BCUT2D eigenvalue weighted by molar-refractivity contribution is 5.94. The highest BCUT2D eigenvalue weighted by atomic mass is 16.5. The number of rotatable bonds is 5. The average Bonchev–Trinajstić information content (AvgIpc) is 2.66. The second-order valence-corrected chi connectivity index (χ2v) is 2.98. The predicted molar refractivity (Wildman–Crippen MR) is 50.2 cm³/mol. The molecule has 0 spiro atoms. The van der Waals surface area contributed by atoms with E-state index in [-0.39, 0.29) is 13.0 Å². The first kappa shape index (κ1) is 11.3. The first-order valence-electron chi connectivity index (χ1n) is 4.55. The lowest BCUT2D eigenvalue weighted by Gasteiger charge is -2.09. The number of furan rings is 1. The summed E-state index contributed by atoms with van der Waals surface area (Å²) in [6.45, 7) is 1.81. The minimum atomic E-state index is -1.19. The Balaban J connectivity index is 2.66. The fourth-order valence-electron chi connectivity index (χ4n) is 1.16. The molecule has 0 saturated heterocycles. The van der Waals surface area contributed by atoms with Crippen LogP contribution >= 0.6 is 0 Å². The third-order valence-corrected chi connectivity index (χ3v) is 1.89. The van der Waals surface area contributed by atoms with Gasteiger partial charge in [0, 0.05) is 0 Å². The number of hydrogen-bond acceptors (Lipinski definition) is 4. The van der Waals surface area contributed by atoms with Crippen LogP contribution in [-0.2, 0) is 20.7 Å². The van der Waals surface area contributed by atoms with Gasteiger partial charge in [0.05, 0.1) is 19.1 Å². The highest BCUT2D eigenvalue weighted by Crippen LogP contribution is 2.11. The molecule has 82 valence electrons. The van der Waals surface area contributed by atoms with Crippen molar-refractivity contribution >= 4 is 11.9 Å². The molecular formula is C10H12O5. The molecule has 0 saturated carbocycles. The number of carbonyl (C=O) groups excluding carboxylic acids is 1. The number of carbonyl (C=O) groups is 2. The van der Waals surface area contributed by atoms with E-state index < -0.39 is 17.9 Å². The molecule has 1 aromatic heterocycles. The SMILES string of the molecule is CCOC(=O)C(Cc1ccoc1)C(=O)O. The number of carboxylic acids is 1. The van der Waals surface area contributed by atoms with E-state index in [1.165, 1.54) is 12.5 Å². The summed E-state index contributed by atoms with van der Waals surface area (Å²) in [6, 6.07) is 1.62. The zero-order valence-electron chi connectivity index (χ0n) is 8.30. The molecule has 0 bridgehead atoms. The van der Waals surface area contributed by atoms with Crippen LogP contribution in [0.25, 0.3) is 0 Å². The summed E-state index contributed by atoms with van der Waals surface area (Å²) in [5.41, 5.74) is 0.662. The Morgan fingerprint density at radius 1 is 1.60 bits per heavy atom. The third-order valence-electron chi connectivity index (χ3n) is 1.89. The van der Waals surface area contributed by atoms with Crippen molar-refractivity contribution in [2.75, 3.05) is 6.61 Å². The van der Waals surface area contributed by atoms with Crippen LogP contribution in [0.3, 0.4) is 0 Å². The van der Waals surface area contributed by atoms with Crippen LogP contribution in [0.5, 0.6) is 0 Å². The van der Waals surface area contributed by atoms with Gasteiger partial charge in [-0.05, 0) is 25.0 Å². The molecule has 1 rings (SSSR count). The number of hydrogen-bond donors (Lipinski definition) is 1. The summed E-state index contributed by atoms with van der Waals surface area (Å²) in [4.78, 5) is 22.1. The van der Waals surface area contributed by atoms with Crippen molar-refractivity contribution in [1.82, 2.24) is 0 Å². The van der Waals surface area contributed by atoms with Gasteiger partial charge in [0.2, 0.25) is 0 Å². The van der Waals surface area contributed by atoms with Gasteiger partial charge in [-0.3, -0.25) is 9.59 Å². The van der Waals surface area contributed by atoms with E-state index in [1.807, 2.05) is 0 Å². The highest BCUT2D eigenvalue weighted by Gasteiger charge is 2.28. The van der Waals surface area contributed by atoms with Gasteiger partial charge >= 0.3 is 11.9 Å². The largest absolute Gasteiger partial charge is 0.481 e. The lowest BCUT2D eigenvalue weighted by Crippen LogP contribution is -2.27. The quantitative estimate of drug-likeness (QED) is 0.583. The first-order chi connectivity index (χ1) is 7.15. The maximum Gasteiger partial charge on any atom is 0.320 e. The summed E-state index contributed by atoms with van der Waals surface area (Å²) >= 11 is 0. The Kier molecular flexibility index (Phi) is 3.91. The normalized spacial score (nSPS) is 12.1. The maximum absolute atomic E-state index is 11.3. The van der Waals surface area contributed by atoms with Crippen LogP contribution in [0, 0.1) is 5.92 Å². The fraction of sp³-hybridized carbons (Fsp3) is 0.400. The molecule has 5 heteroatoms. The van der Waals surface area contributed by atoms with Crippen molar-refractivity contribution in [2.45, 2.75) is 13.3 Å². The third kappa shape index (κ3) is 3.12. The van der Waals surface area contributed by atoms with Crippen LogP contribution in [0.15, 0.2) is 23.0 Å². The maximum atomic E-state index is 11.3. The molecule has 5 nitrogen and oxygen atoms in total. The van der Waals surface area contributed by atoms with Gasteiger partial charge in [0.25, 0.3) is 0 Å². The standard InChI is InChI=1S/C10H12O5/c1-2-15-10(13)8(9(11)12)5-7-3-4-14-6-7/h3-4,6,8H,2,5H2,1H3,(H,11,12). The van der Waals surface area contributed by atoms with Crippen LogP contribution in [0.1, 0.15) is 12.5 Å². The Morgan fingerprint density at radius 2 is 2.33 bits per heavy atom. The van der Waals surface area contributed by atoms with Crippen molar-refractivity contribution in [3.63, 3.8) is 0 Å². The zero-order chi connectivity index (χ0) is 11.3. The van der Waals surface area contributed by atoms with Gasteiger partial charge in [-0.2, -0.15) is 0 Å². The molecule has 0 aliphatic heterocycles. The fourth-order valence-corrected chi connectivity index (χ4v) is 1.16. The molecule has 1 N–H and O–H groups in total. The molecule has 0 aromatic carbocycles. The van der Waals surface area contributed by atoms with Crippen LogP contribution in [0.4, 0.5) is 0 Å². The van der Waals surface area contributed by atoms with Crippen molar-refractivity contribution in [3.05, 3.63) is 24.2 Å². The first-order valence-corrected chi connectivity index (χ1v) is 4.55. The molecule has 0 amide bonds. The molecule has 0 aliphatic carbocycles. The topological polar surface area (TPSA) is 76.7 Å². The van der Waals surface area contributed by atoms with E-state index >= 15 is 0 Å². The average molecular weight is 212 g/mol. The van der Waals surface area contributed by atoms with Crippen LogP contribution < -0.4 is 0 Å². The van der Waals surface area contributed by atoms with Gasteiger partial charge < -0.3 is 14.3 Å². The molecular weight excluding hydrogens is 200 g/mol. The van der Waals surface area contributed by atoms with E-state index in [2.05, 4.69) is 4.74 Å². The van der Waals surface area contributed by atoms with Gasteiger partial charge in [0.1, 0.15) is 0 Å². The second kappa shape index (κ2) is 5.19. The number of aliphatic carboxylic acids is 1. The smallest absolute Gasteiger partial charge is 0.320 e. The Morgan fingerprint density at radius 3 is 2.80 bits per heavy atom. The van der Waals surface area contributed by atoms with Gasteiger partial charge in [0.15, 0.2) is 5.92 Å². The summed E-state index contributed by atoms with van der Waals surface area (Å²) < 4.78 is 9.45. The Labute approximate surface area is 86.6 Å². The molecule has 1 unspecified atom stereocenters. The van der Waals surface area contributed by atoms with E-state index in [0.29, 0.717) is 5.56 Å². The molecule has 15 heavy (non-hydrogen) atoms. The van der Waals surface area contributed by atoms with Crippen molar-refractivity contribution in [3.8, 4) is 0 Å². The molecule has 0 aliphatic rings. The van der Waals surface area contributed by atoms with E-state index in [1.54, 1.807) is 13.0 Å². The Bertz CT molecular complexity index is 328. The van der Waals surface area contributed by atoms with E-state index in [9.17, 15) is 9.59 Å². The van der Waals surface area contributed by atoms with Gasteiger partial charge in [-0.25, -0.2) is 0 Å². The molecule has 1 aromatic rings. The monoisotopic (exact) mass is 212 g/mol. The van der Waals surface area contributed by atoms with E-state index in [4.69, 9.17) is 9.52 Å². The molecule has 0 radical (unpaired) electrons. The van der Waals surface area contributed by atoms with Gasteiger partial charge in [-0.1, -0.05) is 0 Å². The zero-order valence-corrected chi connectivity index (χ0v) is 8.30. The molecule has 0 fully saturated rings. The number of esters is 1. The van der Waals surface area contributed by atoms with Crippen LogP contribution in [0.2, 0.25) is 0 Å². The van der Waals surface area contributed by atoms with Crippen molar-refractivity contribution < 1.29 is 23.8 Å². The summed E-state index contributed by atoms with van der Waals surface area (Å²) in [6.07, 6.45) is 2.93. The number of ether oxygens (including phenoxy) is 1. The number of carboxylic acid groups (broad SMARTS) is 1. The van der Waals surface area contributed by atoms with Crippen molar-refractivity contribution in [1.29, 1.82) is 0 Å². The summed E-state index contributed by atoms with van der Waals surface area (Å²) in [7, 11) is 0. The van der Waals surface area contributed by atoms with E-state index in [0.717, 1.165) is 0 Å². The lowest BCUT2D eigenvalue weighted by atomic mass is 10.0. The van der Waals surface area contributed by atoms with Crippen LogP contribution in [-0.4, -0.2) is 23.7 Å².